The number of aromatic nitrogens is 1. The number of pyridine rings is 1. The predicted molar refractivity (Wildman–Crippen MR) is 66.6 cm³/mol. The molecule has 21 heavy (non-hydrogen) atoms. The molecule has 0 aliphatic heterocycles. The highest BCUT2D eigenvalue weighted by Crippen LogP contribution is 2.34. The number of hydrogen-bond donors (Lipinski definition) is 1. The second-order valence-electron chi connectivity index (χ2n) is 4.05. The average Bonchev–Trinajstić information content (AvgIpc) is 2.36. The summed E-state index contributed by atoms with van der Waals surface area (Å²) in [5.41, 5.74) is -1.57. The Morgan fingerprint density at radius 1 is 1.24 bits per heavy atom. The Hall–Kier alpha value is -2.15. The van der Waals surface area contributed by atoms with E-state index in [2.05, 4.69) is 4.98 Å². The lowest BCUT2D eigenvalue weighted by molar-refractivity contribution is -0.137. The summed E-state index contributed by atoms with van der Waals surface area (Å²) in [6.45, 7) is 0. The first kappa shape index (κ1) is 15.2. The van der Waals surface area contributed by atoms with Crippen molar-refractivity contribution in [2.45, 2.75) is 6.18 Å². The van der Waals surface area contributed by atoms with Crippen LogP contribution >= 0.6 is 11.6 Å². The van der Waals surface area contributed by atoms with E-state index >= 15 is 0 Å². The van der Waals surface area contributed by atoms with E-state index in [1.54, 1.807) is 0 Å². The monoisotopic (exact) mass is 319 g/mol. The SMILES string of the molecule is O=C(O)c1ccc(-c2ncc(C(F)(F)F)cc2Cl)cc1F. The largest absolute Gasteiger partial charge is 0.478 e. The van der Waals surface area contributed by atoms with Crippen LogP contribution in [-0.4, -0.2) is 16.1 Å². The molecule has 1 N–H and O–H groups in total. The average molecular weight is 320 g/mol. The van der Waals surface area contributed by atoms with Crippen molar-refractivity contribution in [2.24, 2.45) is 0 Å². The lowest BCUT2D eigenvalue weighted by atomic mass is 10.1. The van der Waals surface area contributed by atoms with E-state index in [4.69, 9.17) is 16.7 Å². The zero-order valence-corrected chi connectivity index (χ0v) is 10.8. The Bertz CT molecular complexity index is 716. The van der Waals surface area contributed by atoms with Crippen molar-refractivity contribution in [1.29, 1.82) is 0 Å². The van der Waals surface area contributed by atoms with Gasteiger partial charge in [0.1, 0.15) is 5.82 Å². The van der Waals surface area contributed by atoms with E-state index in [9.17, 15) is 22.4 Å². The third kappa shape index (κ3) is 3.13. The Labute approximate surface area is 120 Å². The summed E-state index contributed by atoms with van der Waals surface area (Å²) in [6.07, 6.45) is -4.02. The highest BCUT2D eigenvalue weighted by molar-refractivity contribution is 6.33. The molecule has 0 aliphatic rings. The van der Waals surface area contributed by atoms with Crippen molar-refractivity contribution in [1.82, 2.24) is 4.98 Å². The molecule has 1 aromatic heterocycles. The van der Waals surface area contributed by atoms with Crippen LogP contribution < -0.4 is 0 Å². The molecule has 8 heteroatoms. The first-order chi connectivity index (χ1) is 9.70. The van der Waals surface area contributed by atoms with Crippen LogP contribution in [-0.2, 0) is 6.18 Å². The summed E-state index contributed by atoms with van der Waals surface area (Å²) >= 11 is 5.72. The van der Waals surface area contributed by atoms with Crippen molar-refractivity contribution in [2.75, 3.05) is 0 Å². The van der Waals surface area contributed by atoms with Gasteiger partial charge in [0.2, 0.25) is 0 Å². The predicted octanol–water partition coefficient (Wildman–Crippen LogP) is 4.26. The molecule has 1 heterocycles. The van der Waals surface area contributed by atoms with Crippen LogP contribution in [0.15, 0.2) is 30.5 Å². The van der Waals surface area contributed by atoms with Gasteiger partial charge in [-0.25, -0.2) is 9.18 Å². The van der Waals surface area contributed by atoms with Crippen LogP contribution in [0.5, 0.6) is 0 Å². The number of carboxylic acids is 1. The normalized spacial score (nSPS) is 11.5. The van der Waals surface area contributed by atoms with E-state index in [-0.39, 0.29) is 16.3 Å². The molecule has 0 spiro atoms. The number of carboxylic acid groups (broad SMARTS) is 1. The van der Waals surface area contributed by atoms with Crippen molar-refractivity contribution in [3.05, 3.63) is 52.4 Å². The smallest absolute Gasteiger partial charge is 0.417 e. The number of hydrogen-bond acceptors (Lipinski definition) is 2. The lowest BCUT2D eigenvalue weighted by Gasteiger charge is -2.09. The standard InChI is InChI=1S/C13H6ClF4NO2/c14-9-4-7(13(16,17)18)5-19-11(9)6-1-2-8(12(20)21)10(15)3-6/h1-5H,(H,20,21). The summed E-state index contributed by atoms with van der Waals surface area (Å²) < 4.78 is 51.0. The minimum Gasteiger partial charge on any atom is -0.478 e. The molecule has 3 nitrogen and oxygen atoms in total. The van der Waals surface area contributed by atoms with Crippen LogP contribution in [0, 0.1) is 5.82 Å². The Morgan fingerprint density at radius 2 is 1.90 bits per heavy atom. The molecule has 0 saturated carbocycles. The molecule has 0 amide bonds. The van der Waals surface area contributed by atoms with Gasteiger partial charge >= 0.3 is 12.1 Å². The van der Waals surface area contributed by atoms with Gasteiger partial charge in [-0.1, -0.05) is 17.7 Å². The molecule has 0 saturated heterocycles. The zero-order chi connectivity index (χ0) is 15.8. The molecular formula is C13H6ClF4NO2. The summed E-state index contributed by atoms with van der Waals surface area (Å²) in [7, 11) is 0. The Balaban J connectivity index is 2.48. The fourth-order valence-corrected chi connectivity index (χ4v) is 1.92. The Morgan fingerprint density at radius 3 is 2.38 bits per heavy atom. The fourth-order valence-electron chi connectivity index (χ4n) is 1.64. The molecule has 110 valence electrons. The van der Waals surface area contributed by atoms with E-state index < -0.39 is 29.1 Å². The molecule has 0 atom stereocenters. The number of halogens is 5. The van der Waals surface area contributed by atoms with E-state index in [0.29, 0.717) is 12.3 Å². The minimum absolute atomic E-state index is 0.0690. The van der Waals surface area contributed by atoms with Gasteiger partial charge in [0.05, 0.1) is 21.8 Å². The first-order valence-corrected chi connectivity index (χ1v) is 5.84. The number of alkyl halides is 3. The number of nitrogens with zero attached hydrogens (tertiary/aromatic N) is 1. The lowest BCUT2D eigenvalue weighted by Crippen LogP contribution is -2.06. The molecule has 0 bridgehead atoms. The van der Waals surface area contributed by atoms with Gasteiger partial charge in [-0.15, -0.1) is 0 Å². The highest BCUT2D eigenvalue weighted by atomic mass is 35.5. The van der Waals surface area contributed by atoms with E-state index in [1.165, 1.54) is 6.07 Å². The molecule has 2 aromatic rings. The molecule has 2 rings (SSSR count). The van der Waals surface area contributed by atoms with E-state index in [0.717, 1.165) is 12.1 Å². The molecule has 0 fully saturated rings. The molecule has 0 radical (unpaired) electrons. The van der Waals surface area contributed by atoms with Crippen LogP contribution in [0.4, 0.5) is 17.6 Å². The van der Waals surface area contributed by atoms with Crippen LogP contribution in [0.25, 0.3) is 11.3 Å². The zero-order valence-electron chi connectivity index (χ0n) is 10.1. The van der Waals surface area contributed by atoms with Crippen LogP contribution in [0.3, 0.4) is 0 Å². The summed E-state index contributed by atoms with van der Waals surface area (Å²) in [4.78, 5) is 14.2. The molecule has 0 aliphatic carbocycles. The van der Waals surface area contributed by atoms with Crippen LogP contribution in [0.2, 0.25) is 5.02 Å². The van der Waals surface area contributed by atoms with Gasteiger partial charge in [-0.2, -0.15) is 13.2 Å². The summed E-state index contributed by atoms with van der Waals surface area (Å²) in [5, 5.41) is 8.39. The Kier molecular flexibility index (Phi) is 3.87. The molecule has 0 unspecified atom stereocenters. The topological polar surface area (TPSA) is 50.2 Å². The second kappa shape index (κ2) is 5.33. The van der Waals surface area contributed by atoms with Gasteiger partial charge in [0.15, 0.2) is 0 Å². The molecular weight excluding hydrogens is 314 g/mol. The highest BCUT2D eigenvalue weighted by Gasteiger charge is 2.31. The molecule has 1 aromatic carbocycles. The number of benzene rings is 1. The van der Waals surface area contributed by atoms with Crippen molar-refractivity contribution >= 4 is 17.6 Å². The van der Waals surface area contributed by atoms with Crippen LogP contribution in [0.1, 0.15) is 15.9 Å². The number of carbonyl (C=O) groups is 1. The maximum atomic E-state index is 13.6. The number of rotatable bonds is 2. The third-order valence-corrected chi connectivity index (χ3v) is 2.93. The minimum atomic E-state index is -4.59. The van der Waals surface area contributed by atoms with Crippen molar-refractivity contribution in [3.63, 3.8) is 0 Å². The summed E-state index contributed by atoms with van der Waals surface area (Å²) in [6, 6.07) is 3.73. The van der Waals surface area contributed by atoms with Gasteiger partial charge in [0.25, 0.3) is 0 Å². The third-order valence-electron chi connectivity index (χ3n) is 2.64. The van der Waals surface area contributed by atoms with E-state index in [1.807, 2.05) is 0 Å². The maximum absolute atomic E-state index is 13.6. The van der Waals surface area contributed by atoms with Crippen molar-refractivity contribution < 1.29 is 27.5 Å². The van der Waals surface area contributed by atoms with Gasteiger partial charge < -0.3 is 5.11 Å². The maximum Gasteiger partial charge on any atom is 0.417 e. The first-order valence-electron chi connectivity index (χ1n) is 5.46. The van der Waals surface area contributed by atoms with Gasteiger partial charge in [0, 0.05) is 11.8 Å². The van der Waals surface area contributed by atoms with Crippen molar-refractivity contribution in [3.8, 4) is 11.3 Å². The quantitative estimate of drug-likeness (QED) is 0.841. The van der Waals surface area contributed by atoms with Gasteiger partial charge in [-0.05, 0) is 18.2 Å². The number of aromatic carboxylic acids is 1. The van der Waals surface area contributed by atoms with Gasteiger partial charge in [-0.3, -0.25) is 4.98 Å². The fraction of sp³-hybridized carbons (Fsp3) is 0.0769. The summed E-state index contributed by atoms with van der Waals surface area (Å²) in [5.74, 6) is -2.48. The second-order valence-corrected chi connectivity index (χ2v) is 4.46.